The van der Waals surface area contributed by atoms with Crippen LogP contribution in [-0.4, -0.2) is 44.7 Å². The Bertz CT molecular complexity index is 457. The number of nitriles is 1. The van der Waals surface area contributed by atoms with Crippen LogP contribution in [0.25, 0.3) is 0 Å². The molecule has 5 nitrogen and oxygen atoms in total. The normalized spacial score (nSPS) is 16.6. The van der Waals surface area contributed by atoms with E-state index in [0.717, 1.165) is 37.7 Å². The largest absolute Gasteiger partial charge is 0.492 e. The second-order valence-corrected chi connectivity index (χ2v) is 5.22. The van der Waals surface area contributed by atoms with Gasteiger partial charge in [0.05, 0.1) is 7.11 Å². The minimum Gasteiger partial charge on any atom is -0.492 e. The van der Waals surface area contributed by atoms with Gasteiger partial charge >= 0.3 is 0 Å². The number of methoxy groups -OCH3 is 1. The first-order valence-electron chi connectivity index (χ1n) is 6.04. The van der Waals surface area contributed by atoms with Gasteiger partial charge in [0.2, 0.25) is 0 Å². The highest BCUT2D eigenvalue weighted by Crippen LogP contribution is 2.44. The van der Waals surface area contributed by atoms with E-state index in [1.165, 1.54) is 11.3 Å². The van der Waals surface area contributed by atoms with Crippen molar-refractivity contribution in [2.45, 2.75) is 6.92 Å². The molecule has 0 bridgehead atoms. The van der Waals surface area contributed by atoms with E-state index in [4.69, 9.17) is 15.7 Å². The maximum atomic E-state index is 9.03. The molecule has 98 valence electrons. The van der Waals surface area contributed by atoms with E-state index in [-0.39, 0.29) is 0 Å². The van der Waals surface area contributed by atoms with Crippen LogP contribution in [-0.2, 0) is 0 Å². The van der Waals surface area contributed by atoms with Gasteiger partial charge in [0.1, 0.15) is 21.6 Å². The second kappa shape index (κ2) is 5.46. The average Bonchev–Trinajstić information content (AvgIpc) is 2.75. The van der Waals surface area contributed by atoms with Crippen LogP contribution < -0.4 is 15.4 Å². The number of ether oxygens (including phenoxy) is 1. The molecule has 1 fully saturated rings. The van der Waals surface area contributed by atoms with Crippen molar-refractivity contribution in [2.75, 3.05) is 50.5 Å². The van der Waals surface area contributed by atoms with E-state index in [1.54, 1.807) is 7.11 Å². The first-order chi connectivity index (χ1) is 8.71. The Balaban J connectivity index is 2.21. The van der Waals surface area contributed by atoms with Crippen molar-refractivity contribution in [3.05, 3.63) is 4.88 Å². The third-order valence-corrected chi connectivity index (χ3v) is 4.45. The summed E-state index contributed by atoms with van der Waals surface area (Å²) in [5, 5.41) is 10.0. The molecule has 6 heteroatoms. The van der Waals surface area contributed by atoms with Crippen LogP contribution in [0.5, 0.6) is 5.75 Å². The number of nitrogens with two attached hydrogens (primary N) is 1. The fraction of sp³-hybridized carbons (Fsp3) is 0.583. The van der Waals surface area contributed by atoms with Crippen molar-refractivity contribution >= 4 is 22.0 Å². The Morgan fingerprint density at radius 1 is 1.39 bits per heavy atom. The molecule has 0 aliphatic carbocycles. The van der Waals surface area contributed by atoms with Gasteiger partial charge in [0.25, 0.3) is 0 Å². The van der Waals surface area contributed by atoms with Crippen LogP contribution in [0.4, 0.5) is 10.7 Å². The number of anilines is 2. The monoisotopic (exact) mass is 266 g/mol. The van der Waals surface area contributed by atoms with Crippen molar-refractivity contribution in [3.63, 3.8) is 0 Å². The van der Waals surface area contributed by atoms with E-state index >= 15 is 0 Å². The third-order valence-electron chi connectivity index (χ3n) is 3.29. The molecule has 0 saturated carbocycles. The van der Waals surface area contributed by atoms with Gasteiger partial charge in [0, 0.05) is 26.2 Å². The highest BCUT2D eigenvalue weighted by atomic mass is 32.1. The number of nitrogen functional groups attached to an aromatic ring is 1. The molecule has 1 aromatic rings. The van der Waals surface area contributed by atoms with Gasteiger partial charge in [-0.15, -0.1) is 11.3 Å². The summed E-state index contributed by atoms with van der Waals surface area (Å²) in [4.78, 5) is 5.21. The summed E-state index contributed by atoms with van der Waals surface area (Å²) in [5.74, 6) is 0.654. The Labute approximate surface area is 111 Å². The predicted octanol–water partition coefficient (Wildman–Crippen LogP) is 1.35. The Morgan fingerprint density at radius 2 is 2.06 bits per heavy atom. The molecule has 1 aliphatic rings. The molecule has 0 aromatic carbocycles. The standard InChI is InChI=1S/C12H18N4OS/c1-3-15-4-6-16(7-5-15)12-11(17-2)10(14)9(8-13)18-12/h3-7,14H2,1-2H3. The number of hydrogen-bond acceptors (Lipinski definition) is 6. The topological polar surface area (TPSA) is 65.5 Å². The fourth-order valence-electron chi connectivity index (χ4n) is 2.17. The molecular formula is C12H18N4OS. The molecule has 0 unspecified atom stereocenters. The number of likely N-dealkylation sites (N-methyl/N-ethyl adjacent to an activating group) is 1. The molecule has 1 saturated heterocycles. The molecule has 2 rings (SSSR count). The van der Waals surface area contributed by atoms with Crippen LogP contribution in [0.15, 0.2) is 0 Å². The summed E-state index contributed by atoms with van der Waals surface area (Å²) in [5.41, 5.74) is 6.38. The number of hydrogen-bond donors (Lipinski definition) is 1. The van der Waals surface area contributed by atoms with Crippen molar-refractivity contribution in [1.82, 2.24) is 4.90 Å². The Morgan fingerprint density at radius 3 is 2.56 bits per heavy atom. The molecule has 2 heterocycles. The number of thiophene rings is 1. The summed E-state index contributed by atoms with van der Waals surface area (Å²) in [7, 11) is 1.60. The zero-order valence-corrected chi connectivity index (χ0v) is 11.6. The van der Waals surface area contributed by atoms with Gasteiger partial charge in [-0.3, -0.25) is 0 Å². The summed E-state index contributed by atoms with van der Waals surface area (Å²) in [6.07, 6.45) is 0. The van der Waals surface area contributed by atoms with Crippen LogP contribution in [0.2, 0.25) is 0 Å². The van der Waals surface area contributed by atoms with E-state index < -0.39 is 0 Å². The summed E-state index contributed by atoms with van der Waals surface area (Å²) in [6, 6.07) is 2.13. The van der Waals surface area contributed by atoms with E-state index in [0.29, 0.717) is 16.3 Å². The van der Waals surface area contributed by atoms with Crippen molar-refractivity contribution in [2.24, 2.45) is 0 Å². The minimum atomic E-state index is 0.470. The number of nitrogens with zero attached hydrogens (tertiary/aromatic N) is 3. The van der Waals surface area contributed by atoms with Gasteiger partial charge in [-0.2, -0.15) is 5.26 Å². The van der Waals surface area contributed by atoms with E-state index in [1.807, 2.05) is 0 Å². The van der Waals surface area contributed by atoms with Gasteiger partial charge < -0.3 is 20.3 Å². The lowest BCUT2D eigenvalue weighted by atomic mass is 10.3. The molecule has 0 amide bonds. The number of piperazine rings is 1. The molecule has 2 N–H and O–H groups in total. The molecule has 0 spiro atoms. The van der Waals surface area contributed by atoms with E-state index in [9.17, 15) is 0 Å². The highest BCUT2D eigenvalue weighted by molar-refractivity contribution is 7.17. The minimum absolute atomic E-state index is 0.470. The highest BCUT2D eigenvalue weighted by Gasteiger charge is 2.24. The van der Waals surface area contributed by atoms with Crippen molar-refractivity contribution < 1.29 is 4.74 Å². The number of rotatable bonds is 3. The second-order valence-electron chi connectivity index (χ2n) is 4.22. The van der Waals surface area contributed by atoms with E-state index in [2.05, 4.69) is 22.8 Å². The smallest absolute Gasteiger partial charge is 0.177 e. The van der Waals surface area contributed by atoms with Crippen LogP contribution in [0, 0.1) is 11.3 Å². The maximum Gasteiger partial charge on any atom is 0.177 e. The zero-order chi connectivity index (χ0) is 13.1. The molecule has 18 heavy (non-hydrogen) atoms. The first-order valence-corrected chi connectivity index (χ1v) is 6.86. The summed E-state index contributed by atoms with van der Waals surface area (Å²) in [6.45, 7) is 7.25. The molecule has 0 radical (unpaired) electrons. The fourth-order valence-corrected chi connectivity index (χ4v) is 3.21. The molecular weight excluding hydrogens is 248 g/mol. The lowest BCUT2D eigenvalue weighted by molar-refractivity contribution is 0.271. The van der Waals surface area contributed by atoms with Crippen LogP contribution in [0.3, 0.4) is 0 Å². The lowest BCUT2D eigenvalue weighted by Crippen LogP contribution is -2.46. The van der Waals surface area contributed by atoms with Crippen molar-refractivity contribution in [1.29, 1.82) is 5.26 Å². The molecule has 1 aliphatic heterocycles. The van der Waals surface area contributed by atoms with Gasteiger partial charge in [0.15, 0.2) is 5.75 Å². The lowest BCUT2D eigenvalue weighted by Gasteiger charge is -2.34. The quantitative estimate of drug-likeness (QED) is 0.894. The van der Waals surface area contributed by atoms with Gasteiger partial charge in [-0.1, -0.05) is 6.92 Å². The van der Waals surface area contributed by atoms with Gasteiger partial charge in [-0.05, 0) is 6.54 Å². The first kappa shape index (κ1) is 13.0. The molecule has 0 atom stereocenters. The SMILES string of the molecule is CCN1CCN(c2sc(C#N)c(N)c2OC)CC1. The van der Waals surface area contributed by atoms with Crippen molar-refractivity contribution in [3.8, 4) is 11.8 Å². The van der Waals surface area contributed by atoms with Crippen LogP contribution >= 0.6 is 11.3 Å². The third kappa shape index (κ3) is 2.24. The maximum absolute atomic E-state index is 9.03. The summed E-state index contributed by atoms with van der Waals surface area (Å²) < 4.78 is 5.34. The average molecular weight is 266 g/mol. The zero-order valence-electron chi connectivity index (χ0n) is 10.8. The Hall–Kier alpha value is -1.45. The predicted molar refractivity (Wildman–Crippen MR) is 74.3 cm³/mol. The van der Waals surface area contributed by atoms with Gasteiger partial charge in [-0.25, -0.2) is 0 Å². The van der Waals surface area contributed by atoms with Crippen LogP contribution in [0.1, 0.15) is 11.8 Å². The molecule has 1 aromatic heterocycles. The Kier molecular flexibility index (Phi) is 3.94. The summed E-state index contributed by atoms with van der Waals surface area (Å²) >= 11 is 1.42.